The molecule has 1 aromatic carbocycles. The normalized spacial score (nSPS) is 23.5. The molecule has 0 aliphatic carbocycles. The molecule has 6 heteroatoms. The molecule has 1 saturated heterocycles. The van der Waals surface area contributed by atoms with Crippen molar-refractivity contribution in [1.82, 2.24) is 9.88 Å². The van der Waals surface area contributed by atoms with Gasteiger partial charge in [0.25, 0.3) is 0 Å². The molecular weight excluding hydrogens is 308 g/mol. The van der Waals surface area contributed by atoms with Gasteiger partial charge in [-0.3, -0.25) is 10.2 Å². The molecule has 2 unspecified atom stereocenters. The number of benzene rings is 1. The highest BCUT2D eigenvalue weighted by molar-refractivity contribution is 7.13. The molecule has 23 heavy (non-hydrogen) atoms. The van der Waals surface area contributed by atoms with Gasteiger partial charge in [-0.25, -0.2) is 9.78 Å². The molecule has 1 N–H and O–H groups in total. The molecule has 1 aromatic heterocycles. The van der Waals surface area contributed by atoms with Crippen LogP contribution in [0.25, 0.3) is 0 Å². The molecular formula is C17H20N4OS. The first-order valence-corrected chi connectivity index (χ1v) is 8.80. The number of nitrogens with zero attached hydrogens (tertiary/aromatic N) is 3. The van der Waals surface area contributed by atoms with E-state index in [-0.39, 0.29) is 12.1 Å². The summed E-state index contributed by atoms with van der Waals surface area (Å²) < 4.78 is 0. The second-order valence-electron chi connectivity index (χ2n) is 6.42. The first kappa shape index (κ1) is 14.7. The maximum absolute atomic E-state index is 12.9. The van der Waals surface area contributed by atoms with Crippen LogP contribution in [0.5, 0.6) is 0 Å². The van der Waals surface area contributed by atoms with Crippen molar-refractivity contribution < 1.29 is 4.79 Å². The standard InChI is InChI=1S/C17H20N4OS/c1-11-3-4-14-12(9-11)13-10-20(2)7-5-15(13)21(14)17(22)19-16-18-6-8-23-16/h3-4,6,8-9,13,15H,5,7,10H2,1-2H3,(H,18,19,22). The number of fused-ring (bicyclic) bond motifs is 3. The van der Waals surface area contributed by atoms with Crippen LogP contribution in [0.3, 0.4) is 0 Å². The van der Waals surface area contributed by atoms with Crippen LogP contribution >= 0.6 is 11.3 Å². The second kappa shape index (κ2) is 5.62. The minimum absolute atomic E-state index is 0.0675. The summed E-state index contributed by atoms with van der Waals surface area (Å²) >= 11 is 1.45. The van der Waals surface area contributed by atoms with E-state index in [0.717, 1.165) is 25.2 Å². The van der Waals surface area contributed by atoms with Crippen molar-refractivity contribution in [2.24, 2.45) is 0 Å². The number of amides is 2. The zero-order chi connectivity index (χ0) is 16.0. The Morgan fingerprint density at radius 3 is 3.09 bits per heavy atom. The van der Waals surface area contributed by atoms with E-state index in [4.69, 9.17) is 0 Å². The van der Waals surface area contributed by atoms with Crippen LogP contribution in [0.15, 0.2) is 29.8 Å². The van der Waals surface area contributed by atoms with Gasteiger partial charge in [0.1, 0.15) is 0 Å². The molecule has 0 radical (unpaired) electrons. The first-order valence-electron chi connectivity index (χ1n) is 7.92. The highest BCUT2D eigenvalue weighted by atomic mass is 32.1. The van der Waals surface area contributed by atoms with E-state index in [0.29, 0.717) is 11.0 Å². The number of hydrogen-bond donors (Lipinski definition) is 1. The summed E-state index contributed by atoms with van der Waals surface area (Å²) in [6, 6.07) is 6.58. The Balaban J connectivity index is 1.70. The van der Waals surface area contributed by atoms with Gasteiger partial charge in [-0.05, 0) is 38.6 Å². The Kier molecular flexibility index (Phi) is 3.58. The second-order valence-corrected chi connectivity index (χ2v) is 7.32. The molecule has 5 nitrogen and oxygen atoms in total. The summed E-state index contributed by atoms with van der Waals surface area (Å²) in [6.07, 6.45) is 2.71. The number of hydrogen-bond acceptors (Lipinski definition) is 4. The van der Waals surface area contributed by atoms with Crippen LogP contribution in [-0.2, 0) is 0 Å². The van der Waals surface area contributed by atoms with Crippen LogP contribution in [0.1, 0.15) is 23.5 Å². The molecule has 2 amide bonds. The third kappa shape index (κ3) is 2.52. The highest BCUT2D eigenvalue weighted by Crippen LogP contribution is 2.45. The van der Waals surface area contributed by atoms with Gasteiger partial charge in [0.2, 0.25) is 0 Å². The van der Waals surface area contributed by atoms with E-state index in [1.54, 1.807) is 6.20 Å². The lowest BCUT2D eigenvalue weighted by Gasteiger charge is -2.36. The summed E-state index contributed by atoms with van der Waals surface area (Å²) in [6.45, 7) is 4.14. The average Bonchev–Trinajstić information content (AvgIpc) is 3.13. The molecule has 4 rings (SSSR count). The monoisotopic (exact) mass is 328 g/mol. The van der Waals surface area contributed by atoms with E-state index >= 15 is 0 Å². The summed E-state index contributed by atoms with van der Waals surface area (Å²) in [7, 11) is 2.16. The van der Waals surface area contributed by atoms with E-state index in [2.05, 4.69) is 47.4 Å². The van der Waals surface area contributed by atoms with Gasteiger partial charge in [-0.1, -0.05) is 17.7 Å². The number of piperidine rings is 1. The number of carbonyl (C=O) groups is 1. The smallest absolute Gasteiger partial charge is 0.306 e. The average molecular weight is 328 g/mol. The largest absolute Gasteiger partial charge is 0.328 e. The van der Waals surface area contributed by atoms with E-state index in [1.165, 1.54) is 22.5 Å². The van der Waals surface area contributed by atoms with Gasteiger partial charge < -0.3 is 4.90 Å². The molecule has 3 heterocycles. The molecule has 2 aliphatic heterocycles. The van der Waals surface area contributed by atoms with Gasteiger partial charge in [0.15, 0.2) is 5.13 Å². The summed E-state index contributed by atoms with van der Waals surface area (Å²) in [5.74, 6) is 0.394. The quantitative estimate of drug-likeness (QED) is 0.874. The molecule has 0 saturated carbocycles. The number of anilines is 2. The molecule has 2 aromatic rings. The van der Waals surface area contributed by atoms with Crippen molar-refractivity contribution in [3.05, 3.63) is 40.9 Å². The molecule has 0 spiro atoms. The van der Waals surface area contributed by atoms with Crippen molar-refractivity contribution in [3.63, 3.8) is 0 Å². The fourth-order valence-electron chi connectivity index (χ4n) is 3.78. The maximum atomic E-state index is 12.9. The number of carbonyl (C=O) groups excluding carboxylic acids is 1. The lowest BCUT2D eigenvalue weighted by Crippen LogP contribution is -2.48. The number of urea groups is 1. The van der Waals surface area contributed by atoms with Crippen LogP contribution in [0.2, 0.25) is 0 Å². The van der Waals surface area contributed by atoms with Crippen molar-refractivity contribution in [1.29, 1.82) is 0 Å². The number of likely N-dealkylation sites (tertiary alicyclic amines) is 1. The number of likely N-dealkylation sites (N-methyl/N-ethyl adjacent to an activating group) is 1. The Bertz CT molecular complexity index is 730. The summed E-state index contributed by atoms with van der Waals surface area (Å²) in [5.41, 5.74) is 3.60. The van der Waals surface area contributed by atoms with Crippen LogP contribution in [-0.4, -0.2) is 42.1 Å². The minimum atomic E-state index is -0.0675. The maximum Gasteiger partial charge on any atom is 0.328 e. The van der Waals surface area contributed by atoms with E-state index in [9.17, 15) is 4.79 Å². The number of aromatic nitrogens is 1. The van der Waals surface area contributed by atoms with Gasteiger partial charge in [-0.2, -0.15) is 0 Å². The molecule has 2 atom stereocenters. The topological polar surface area (TPSA) is 48.5 Å². The molecule has 2 aliphatic rings. The number of nitrogens with one attached hydrogen (secondary N) is 1. The van der Waals surface area contributed by atoms with Crippen molar-refractivity contribution >= 4 is 28.2 Å². The summed E-state index contributed by atoms with van der Waals surface area (Å²) in [4.78, 5) is 21.3. The van der Waals surface area contributed by atoms with Crippen LogP contribution in [0, 0.1) is 6.92 Å². The van der Waals surface area contributed by atoms with Crippen LogP contribution in [0.4, 0.5) is 15.6 Å². The third-order valence-corrected chi connectivity index (χ3v) is 5.51. The molecule has 1 fully saturated rings. The fourth-order valence-corrected chi connectivity index (χ4v) is 4.30. The molecule has 120 valence electrons. The number of aryl methyl sites for hydroxylation is 1. The Labute approximate surface area is 139 Å². The number of thiazole rings is 1. The Morgan fingerprint density at radius 1 is 1.43 bits per heavy atom. The van der Waals surface area contributed by atoms with Crippen molar-refractivity contribution in [2.75, 3.05) is 30.4 Å². The highest BCUT2D eigenvalue weighted by Gasteiger charge is 2.44. The van der Waals surface area contributed by atoms with Crippen LogP contribution < -0.4 is 10.2 Å². The third-order valence-electron chi connectivity index (χ3n) is 4.82. The predicted molar refractivity (Wildman–Crippen MR) is 93.4 cm³/mol. The SMILES string of the molecule is Cc1ccc2c(c1)C1CN(C)CCC1N2C(=O)Nc1nccs1. The van der Waals surface area contributed by atoms with Gasteiger partial charge >= 0.3 is 6.03 Å². The van der Waals surface area contributed by atoms with Gasteiger partial charge in [-0.15, -0.1) is 11.3 Å². The Morgan fingerprint density at radius 2 is 2.30 bits per heavy atom. The zero-order valence-corrected chi connectivity index (χ0v) is 14.1. The Hall–Kier alpha value is -1.92. The van der Waals surface area contributed by atoms with Gasteiger partial charge in [0.05, 0.1) is 0 Å². The van der Waals surface area contributed by atoms with Crippen molar-refractivity contribution in [3.8, 4) is 0 Å². The number of rotatable bonds is 1. The lowest BCUT2D eigenvalue weighted by molar-refractivity contribution is 0.224. The van der Waals surface area contributed by atoms with Gasteiger partial charge in [0, 0.05) is 35.8 Å². The van der Waals surface area contributed by atoms with E-state index < -0.39 is 0 Å². The van der Waals surface area contributed by atoms with Crippen molar-refractivity contribution in [2.45, 2.75) is 25.3 Å². The lowest BCUT2D eigenvalue weighted by atomic mass is 9.89. The van der Waals surface area contributed by atoms with E-state index in [1.807, 2.05) is 10.3 Å². The predicted octanol–water partition coefficient (Wildman–Crippen LogP) is 3.29. The summed E-state index contributed by atoms with van der Waals surface area (Å²) in [5, 5.41) is 5.47. The first-order chi connectivity index (χ1) is 11.1. The minimum Gasteiger partial charge on any atom is -0.306 e. The molecule has 0 bridgehead atoms. The zero-order valence-electron chi connectivity index (χ0n) is 13.3. The fraction of sp³-hybridized carbons (Fsp3) is 0.412.